The summed E-state index contributed by atoms with van der Waals surface area (Å²) in [5.74, 6) is -0.196. The minimum Gasteiger partial charge on any atom is -0.481 e. The minimum atomic E-state index is -0.475. The SMILES string of the molecule is COC(=O)COc1ccccc1C=C1C(=O)N(c2ccccc2)N=C1C. The van der Waals surface area contributed by atoms with Crippen LogP contribution < -0.4 is 9.75 Å². The number of para-hydroxylation sites is 2. The van der Waals surface area contributed by atoms with Crippen molar-refractivity contribution in [3.05, 3.63) is 65.7 Å². The number of hydrogen-bond acceptors (Lipinski definition) is 5. The summed E-state index contributed by atoms with van der Waals surface area (Å²) < 4.78 is 10.1. The number of hydrazone groups is 1. The molecule has 6 nitrogen and oxygen atoms in total. The largest absolute Gasteiger partial charge is 0.481 e. The summed E-state index contributed by atoms with van der Waals surface area (Å²) in [5.41, 5.74) is 2.48. The van der Waals surface area contributed by atoms with Gasteiger partial charge in [0, 0.05) is 5.56 Å². The lowest BCUT2D eigenvalue weighted by molar-refractivity contribution is -0.142. The summed E-state index contributed by atoms with van der Waals surface area (Å²) in [7, 11) is 1.30. The van der Waals surface area contributed by atoms with E-state index in [0.29, 0.717) is 28.3 Å². The third-order valence-corrected chi connectivity index (χ3v) is 3.86. The highest BCUT2D eigenvalue weighted by Crippen LogP contribution is 2.27. The van der Waals surface area contributed by atoms with Crippen LogP contribution in [0.1, 0.15) is 12.5 Å². The van der Waals surface area contributed by atoms with E-state index in [-0.39, 0.29) is 12.5 Å². The first kappa shape index (κ1) is 17.4. The Balaban J connectivity index is 1.88. The van der Waals surface area contributed by atoms with Crippen molar-refractivity contribution in [3.8, 4) is 5.75 Å². The summed E-state index contributed by atoms with van der Waals surface area (Å²) in [6.45, 7) is 1.58. The van der Waals surface area contributed by atoms with Crippen LogP contribution in [0.3, 0.4) is 0 Å². The van der Waals surface area contributed by atoms with Gasteiger partial charge < -0.3 is 9.47 Å². The summed E-state index contributed by atoms with van der Waals surface area (Å²) in [5, 5.41) is 5.73. The maximum absolute atomic E-state index is 12.8. The molecule has 3 rings (SSSR count). The number of esters is 1. The molecule has 0 aliphatic carbocycles. The second kappa shape index (κ2) is 7.65. The second-order valence-electron chi connectivity index (χ2n) is 5.60. The molecule has 0 radical (unpaired) electrons. The fraction of sp³-hybridized carbons (Fsp3) is 0.150. The van der Waals surface area contributed by atoms with E-state index in [0.717, 1.165) is 0 Å². The van der Waals surface area contributed by atoms with Crippen molar-refractivity contribution < 1.29 is 19.1 Å². The zero-order valence-electron chi connectivity index (χ0n) is 14.5. The van der Waals surface area contributed by atoms with Crippen LogP contribution in [-0.2, 0) is 14.3 Å². The Hall–Kier alpha value is -3.41. The molecule has 0 saturated carbocycles. The Morgan fingerprint density at radius 2 is 1.81 bits per heavy atom. The van der Waals surface area contributed by atoms with Gasteiger partial charge in [-0.1, -0.05) is 36.4 Å². The molecule has 0 bridgehead atoms. The first-order valence-electron chi connectivity index (χ1n) is 8.05. The van der Waals surface area contributed by atoms with Gasteiger partial charge in [-0.2, -0.15) is 10.1 Å². The van der Waals surface area contributed by atoms with Crippen LogP contribution in [-0.4, -0.2) is 31.3 Å². The van der Waals surface area contributed by atoms with Crippen LogP contribution in [0.5, 0.6) is 5.75 Å². The number of ether oxygens (including phenoxy) is 2. The van der Waals surface area contributed by atoms with E-state index in [4.69, 9.17) is 4.74 Å². The number of anilines is 1. The Kier molecular flexibility index (Phi) is 5.12. The fourth-order valence-electron chi connectivity index (χ4n) is 2.51. The summed E-state index contributed by atoms with van der Waals surface area (Å²) in [6, 6.07) is 16.4. The van der Waals surface area contributed by atoms with E-state index < -0.39 is 5.97 Å². The van der Waals surface area contributed by atoms with E-state index in [1.165, 1.54) is 12.1 Å². The molecule has 2 aromatic rings. The molecule has 0 aromatic heterocycles. The number of amides is 1. The Morgan fingerprint density at radius 3 is 2.54 bits per heavy atom. The molecule has 0 spiro atoms. The molecule has 0 fully saturated rings. The van der Waals surface area contributed by atoms with E-state index in [1.54, 1.807) is 25.1 Å². The average Bonchev–Trinajstić information content (AvgIpc) is 2.96. The maximum Gasteiger partial charge on any atom is 0.343 e. The van der Waals surface area contributed by atoms with E-state index in [1.807, 2.05) is 42.5 Å². The highest BCUT2D eigenvalue weighted by atomic mass is 16.6. The molecule has 1 aliphatic rings. The highest BCUT2D eigenvalue weighted by molar-refractivity contribution is 6.32. The van der Waals surface area contributed by atoms with Crippen LogP contribution in [0.2, 0.25) is 0 Å². The Labute approximate surface area is 151 Å². The van der Waals surface area contributed by atoms with Gasteiger partial charge in [-0.25, -0.2) is 4.79 Å². The molecule has 0 N–H and O–H groups in total. The second-order valence-corrected chi connectivity index (χ2v) is 5.60. The number of methoxy groups -OCH3 is 1. The van der Waals surface area contributed by atoms with Gasteiger partial charge in [-0.15, -0.1) is 0 Å². The first-order valence-corrected chi connectivity index (χ1v) is 8.05. The molecule has 132 valence electrons. The van der Waals surface area contributed by atoms with Gasteiger partial charge >= 0.3 is 5.97 Å². The predicted octanol–water partition coefficient (Wildman–Crippen LogP) is 3.04. The first-order chi connectivity index (χ1) is 12.6. The molecule has 0 atom stereocenters. The van der Waals surface area contributed by atoms with Crippen LogP contribution >= 0.6 is 0 Å². The number of carbonyl (C=O) groups is 2. The fourth-order valence-corrected chi connectivity index (χ4v) is 2.51. The molecule has 2 aromatic carbocycles. The maximum atomic E-state index is 12.8. The number of carbonyl (C=O) groups excluding carboxylic acids is 2. The molecule has 26 heavy (non-hydrogen) atoms. The van der Waals surface area contributed by atoms with Crippen LogP contribution in [0.15, 0.2) is 65.3 Å². The lowest BCUT2D eigenvalue weighted by Crippen LogP contribution is -2.21. The van der Waals surface area contributed by atoms with Crippen molar-refractivity contribution in [2.45, 2.75) is 6.92 Å². The van der Waals surface area contributed by atoms with Crippen LogP contribution in [0.4, 0.5) is 5.69 Å². The van der Waals surface area contributed by atoms with Gasteiger partial charge in [-0.05, 0) is 31.2 Å². The summed E-state index contributed by atoms with van der Waals surface area (Å²) in [4.78, 5) is 24.1. The lowest BCUT2D eigenvalue weighted by atomic mass is 10.1. The number of nitrogens with zero attached hydrogens (tertiary/aromatic N) is 2. The molecule has 1 aliphatic heterocycles. The van der Waals surface area contributed by atoms with Crippen molar-refractivity contribution in [1.29, 1.82) is 0 Å². The van der Waals surface area contributed by atoms with Crippen LogP contribution in [0.25, 0.3) is 6.08 Å². The van der Waals surface area contributed by atoms with Crippen LogP contribution in [0, 0.1) is 0 Å². The zero-order valence-corrected chi connectivity index (χ0v) is 14.5. The van der Waals surface area contributed by atoms with Gasteiger partial charge in [0.15, 0.2) is 6.61 Å². The third-order valence-electron chi connectivity index (χ3n) is 3.86. The predicted molar refractivity (Wildman–Crippen MR) is 99.0 cm³/mol. The Bertz CT molecular complexity index is 888. The van der Waals surface area contributed by atoms with Gasteiger partial charge in [0.25, 0.3) is 5.91 Å². The molecule has 1 amide bonds. The molecule has 0 saturated heterocycles. The van der Waals surface area contributed by atoms with Gasteiger partial charge in [0.05, 0.1) is 24.1 Å². The number of rotatable bonds is 5. The molecular weight excluding hydrogens is 332 g/mol. The standard InChI is InChI=1S/C20H18N2O4/c1-14-17(20(24)22(21-14)16-9-4-3-5-10-16)12-15-8-6-7-11-18(15)26-13-19(23)25-2/h3-12H,13H2,1-2H3. The Morgan fingerprint density at radius 1 is 1.12 bits per heavy atom. The van der Waals surface area contributed by atoms with E-state index in [2.05, 4.69) is 9.84 Å². The molecule has 1 heterocycles. The number of benzene rings is 2. The minimum absolute atomic E-state index is 0.201. The van der Waals surface area contributed by atoms with Crippen molar-refractivity contribution in [3.63, 3.8) is 0 Å². The van der Waals surface area contributed by atoms with E-state index in [9.17, 15) is 9.59 Å². The summed E-state index contributed by atoms with van der Waals surface area (Å²) >= 11 is 0. The zero-order chi connectivity index (χ0) is 18.5. The lowest BCUT2D eigenvalue weighted by Gasteiger charge is -2.11. The van der Waals surface area contributed by atoms with Gasteiger partial charge in [0.2, 0.25) is 0 Å². The van der Waals surface area contributed by atoms with Crippen molar-refractivity contribution in [1.82, 2.24) is 0 Å². The normalized spacial score (nSPS) is 15.2. The number of hydrogen-bond donors (Lipinski definition) is 0. The van der Waals surface area contributed by atoms with Crippen molar-refractivity contribution in [2.24, 2.45) is 5.10 Å². The van der Waals surface area contributed by atoms with E-state index >= 15 is 0 Å². The van der Waals surface area contributed by atoms with Crippen molar-refractivity contribution in [2.75, 3.05) is 18.7 Å². The quantitative estimate of drug-likeness (QED) is 0.614. The van der Waals surface area contributed by atoms with Crippen molar-refractivity contribution >= 4 is 29.4 Å². The van der Waals surface area contributed by atoms with Gasteiger partial charge in [-0.3, -0.25) is 4.79 Å². The smallest absolute Gasteiger partial charge is 0.343 e. The summed E-state index contributed by atoms with van der Waals surface area (Å²) in [6.07, 6.45) is 1.72. The average molecular weight is 350 g/mol. The molecule has 0 unspecified atom stereocenters. The third kappa shape index (κ3) is 3.64. The molecular formula is C20H18N2O4. The molecule has 6 heteroatoms. The highest BCUT2D eigenvalue weighted by Gasteiger charge is 2.28. The van der Waals surface area contributed by atoms with Gasteiger partial charge in [0.1, 0.15) is 5.75 Å². The topological polar surface area (TPSA) is 68.2 Å². The monoisotopic (exact) mass is 350 g/mol.